The van der Waals surface area contributed by atoms with Crippen molar-refractivity contribution in [2.75, 3.05) is 16.0 Å². The molecule has 2 aromatic carbocycles. The van der Waals surface area contributed by atoms with Crippen LogP contribution in [-0.2, 0) is 4.79 Å². The summed E-state index contributed by atoms with van der Waals surface area (Å²) in [5.74, 6) is -1.77. The highest BCUT2D eigenvalue weighted by Gasteiger charge is 2.35. The number of hydrogen-bond donors (Lipinski definition) is 1. The molecule has 4 rings (SSSR count). The molecule has 2 amide bonds. The van der Waals surface area contributed by atoms with Gasteiger partial charge in [0.2, 0.25) is 5.91 Å². The van der Waals surface area contributed by atoms with Crippen molar-refractivity contribution in [2.24, 2.45) is 0 Å². The van der Waals surface area contributed by atoms with E-state index in [2.05, 4.69) is 5.32 Å². The van der Waals surface area contributed by atoms with Crippen LogP contribution < -0.4 is 10.2 Å². The molecule has 2 heterocycles. The largest absolute Gasteiger partial charge is 0.321 e. The Morgan fingerprint density at radius 1 is 1.11 bits per heavy atom. The Kier molecular flexibility index (Phi) is 5.15. The van der Waals surface area contributed by atoms with Crippen LogP contribution in [0.1, 0.15) is 20.6 Å². The SMILES string of the molecule is O=C(Nc1cccc([C@@H]2SCC(=O)N2c2ccc(F)cc2F)c1)c1cccs1. The number of hydrogen-bond acceptors (Lipinski definition) is 4. The minimum absolute atomic E-state index is 0.0365. The summed E-state index contributed by atoms with van der Waals surface area (Å²) < 4.78 is 27.5. The second-order valence-electron chi connectivity index (χ2n) is 6.08. The van der Waals surface area contributed by atoms with Crippen LogP contribution in [0, 0.1) is 11.6 Å². The van der Waals surface area contributed by atoms with Crippen LogP contribution in [0.4, 0.5) is 20.2 Å². The Bertz CT molecular complexity index is 1040. The van der Waals surface area contributed by atoms with Gasteiger partial charge in [0.1, 0.15) is 17.0 Å². The molecule has 1 N–H and O–H groups in total. The predicted octanol–water partition coefficient (Wildman–Crippen LogP) is 5.06. The lowest BCUT2D eigenvalue weighted by atomic mass is 10.1. The van der Waals surface area contributed by atoms with E-state index in [9.17, 15) is 18.4 Å². The smallest absolute Gasteiger partial charge is 0.265 e. The number of carbonyl (C=O) groups is 2. The summed E-state index contributed by atoms with van der Waals surface area (Å²) in [5, 5.41) is 4.18. The number of carbonyl (C=O) groups excluding carboxylic acids is 2. The van der Waals surface area contributed by atoms with Crippen LogP contribution >= 0.6 is 23.1 Å². The lowest BCUT2D eigenvalue weighted by Crippen LogP contribution is -2.28. The van der Waals surface area contributed by atoms with Gasteiger partial charge in [0.25, 0.3) is 5.91 Å². The lowest BCUT2D eigenvalue weighted by Gasteiger charge is -2.25. The molecule has 1 fully saturated rings. The van der Waals surface area contributed by atoms with Crippen molar-refractivity contribution in [1.82, 2.24) is 0 Å². The Hall–Kier alpha value is -2.71. The fraction of sp³-hybridized carbons (Fsp3) is 0.100. The van der Waals surface area contributed by atoms with Crippen molar-refractivity contribution in [2.45, 2.75) is 5.37 Å². The summed E-state index contributed by atoms with van der Waals surface area (Å²) in [5.41, 5.74) is 1.35. The molecule has 0 radical (unpaired) electrons. The monoisotopic (exact) mass is 416 g/mol. The highest BCUT2D eigenvalue weighted by Crippen LogP contribution is 2.43. The van der Waals surface area contributed by atoms with Crippen LogP contribution in [-0.4, -0.2) is 17.6 Å². The normalized spacial score (nSPS) is 16.4. The Balaban J connectivity index is 1.62. The molecule has 1 aliphatic rings. The second-order valence-corrected chi connectivity index (χ2v) is 8.10. The number of thioether (sulfide) groups is 1. The molecule has 0 saturated carbocycles. The first-order chi connectivity index (χ1) is 13.5. The van der Waals surface area contributed by atoms with E-state index in [0.29, 0.717) is 10.6 Å². The first-order valence-electron chi connectivity index (χ1n) is 8.36. The van der Waals surface area contributed by atoms with Crippen molar-refractivity contribution >= 4 is 46.3 Å². The van der Waals surface area contributed by atoms with Gasteiger partial charge in [0.05, 0.1) is 16.3 Å². The number of anilines is 2. The topological polar surface area (TPSA) is 49.4 Å². The minimum atomic E-state index is -0.789. The van der Waals surface area contributed by atoms with Crippen molar-refractivity contribution < 1.29 is 18.4 Å². The number of halogens is 2. The number of nitrogens with one attached hydrogen (secondary N) is 1. The third-order valence-electron chi connectivity index (χ3n) is 4.21. The zero-order chi connectivity index (χ0) is 19.7. The van der Waals surface area contributed by atoms with Crippen LogP contribution in [0.2, 0.25) is 0 Å². The lowest BCUT2D eigenvalue weighted by molar-refractivity contribution is -0.115. The summed E-state index contributed by atoms with van der Waals surface area (Å²) in [6.45, 7) is 0. The molecule has 0 unspecified atom stereocenters. The number of nitrogens with zero attached hydrogens (tertiary/aromatic N) is 1. The maximum absolute atomic E-state index is 14.3. The van der Waals surface area contributed by atoms with Crippen LogP contribution in [0.15, 0.2) is 60.0 Å². The number of amides is 2. The molecule has 1 atom stereocenters. The van der Waals surface area contributed by atoms with E-state index in [1.54, 1.807) is 30.3 Å². The summed E-state index contributed by atoms with van der Waals surface area (Å²) in [6, 6.07) is 13.8. The van der Waals surface area contributed by atoms with E-state index in [0.717, 1.165) is 17.7 Å². The van der Waals surface area contributed by atoms with Crippen molar-refractivity contribution in [3.05, 3.63) is 82.1 Å². The van der Waals surface area contributed by atoms with Gasteiger partial charge in [-0.05, 0) is 41.3 Å². The van der Waals surface area contributed by atoms with Gasteiger partial charge in [-0.25, -0.2) is 8.78 Å². The zero-order valence-electron chi connectivity index (χ0n) is 14.4. The van der Waals surface area contributed by atoms with Gasteiger partial charge < -0.3 is 5.32 Å². The standard InChI is InChI=1S/C20H14F2N2O2S2/c21-13-6-7-16(15(22)10-13)24-18(25)11-28-20(24)12-3-1-4-14(9-12)23-19(26)17-5-2-8-27-17/h1-10,20H,11H2,(H,23,26)/t20-/m0/s1. The maximum atomic E-state index is 14.3. The molecule has 0 aliphatic carbocycles. The molecule has 1 aliphatic heterocycles. The van der Waals surface area contributed by atoms with E-state index in [4.69, 9.17) is 0 Å². The molecular formula is C20H14F2N2O2S2. The second kappa shape index (κ2) is 7.73. The Morgan fingerprint density at radius 3 is 2.71 bits per heavy atom. The molecule has 28 heavy (non-hydrogen) atoms. The van der Waals surface area contributed by atoms with E-state index in [1.165, 1.54) is 34.1 Å². The summed E-state index contributed by atoms with van der Waals surface area (Å²) in [6.07, 6.45) is 0. The van der Waals surface area contributed by atoms with Crippen LogP contribution in [0.25, 0.3) is 0 Å². The van der Waals surface area contributed by atoms with Crippen LogP contribution in [0.5, 0.6) is 0 Å². The molecule has 1 saturated heterocycles. The van der Waals surface area contributed by atoms with Gasteiger partial charge in [0.15, 0.2) is 0 Å². The van der Waals surface area contributed by atoms with E-state index in [-0.39, 0.29) is 23.3 Å². The molecule has 8 heteroatoms. The fourth-order valence-corrected chi connectivity index (χ4v) is 4.76. The molecule has 4 nitrogen and oxygen atoms in total. The third-order valence-corrected chi connectivity index (χ3v) is 6.29. The third kappa shape index (κ3) is 3.65. The van der Waals surface area contributed by atoms with Gasteiger partial charge in [-0.3, -0.25) is 14.5 Å². The van der Waals surface area contributed by atoms with Crippen molar-refractivity contribution in [3.8, 4) is 0 Å². The fourth-order valence-electron chi connectivity index (χ4n) is 2.98. The van der Waals surface area contributed by atoms with Gasteiger partial charge in [-0.1, -0.05) is 18.2 Å². The zero-order valence-corrected chi connectivity index (χ0v) is 16.0. The van der Waals surface area contributed by atoms with Gasteiger partial charge in [-0.15, -0.1) is 23.1 Å². The van der Waals surface area contributed by atoms with Crippen molar-refractivity contribution in [3.63, 3.8) is 0 Å². The first-order valence-corrected chi connectivity index (χ1v) is 10.3. The molecule has 0 bridgehead atoms. The van der Waals surface area contributed by atoms with Crippen LogP contribution in [0.3, 0.4) is 0 Å². The number of rotatable bonds is 4. The van der Waals surface area contributed by atoms with Gasteiger partial charge in [-0.2, -0.15) is 0 Å². The van der Waals surface area contributed by atoms with E-state index < -0.39 is 17.0 Å². The summed E-state index contributed by atoms with van der Waals surface area (Å²) in [7, 11) is 0. The number of thiophene rings is 1. The molecular weight excluding hydrogens is 402 g/mol. The quantitative estimate of drug-likeness (QED) is 0.647. The van der Waals surface area contributed by atoms with Gasteiger partial charge in [0, 0.05) is 11.8 Å². The highest BCUT2D eigenvalue weighted by atomic mass is 32.2. The maximum Gasteiger partial charge on any atom is 0.265 e. The molecule has 3 aromatic rings. The average molecular weight is 416 g/mol. The summed E-state index contributed by atoms with van der Waals surface area (Å²) in [4.78, 5) is 26.6. The van der Waals surface area contributed by atoms with Crippen molar-refractivity contribution in [1.29, 1.82) is 0 Å². The highest BCUT2D eigenvalue weighted by molar-refractivity contribution is 8.00. The van der Waals surface area contributed by atoms with Gasteiger partial charge >= 0.3 is 0 Å². The molecule has 0 spiro atoms. The molecule has 1 aromatic heterocycles. The van der Waals surface area contributed by atoms with E-state index >= 15 is 0 Å². The number of benzene rings is 2. The van der Waals surface area contributed by atoms with E-state index in [1.807, 2.05) is 11.4 Å². The summed E-state index contributed by atoms with van der Waals surface area (Å²) >= 11 is 2.69. The average Bonchev–Trinajstić information content (AvgIpc) is 3.32. The predicted molar refractivity (Wildman–Crippen MR) is 108 cm³/mol. The molecule has 142 valence electrons. The first kappa shape index (κ1) is 18.6. The minimum Gasteiger partial charge on any atom is -0.321 e. The Labute approximate surface area is 168 Å². The Morgan fingerprint density at radius 2 is 1.96 bits per heavy atom.